The van der Waals surface area contributed by atoms with Crippen LogP contribution in [0.5, 0.6) is 0 Å². The SMILES string of the molecule is CN=C(NCCc1cccc(F)c1)NCCc1ccc(F)cc1F. The second-order valence-corrected chi connectivity index (χ2v) is 5.29. The molecule has 0 aliphatic heterocycles. The topological polar surface area (TPSA) is 36.4 Å². The van der Waals surface area contributed by atoms with Crippen LogP contribution in [0.1, 0.15) is 11.1 Å². The minimum absolute atomic E-state index is 0.253. The molecule has 0 amide bonds. The van der Waals surface area contributed by atoms with Gasteiger partial charge in [-0.3, -0.25) is 4.99 Å². The normalized spacial score (nSPS) is 11.4. The van der Waals surface area contributed by atoms with Crippen LogP contribution >= 0.6 is 0 Å². The molecule has 0 spiro atoms. The Morgan fingerprint density at radius 1 is 0.917 bits per heavy atom. The summed E-state index contributed by atoms with van der Waals surface area (Å²) >= 11 is 0. The Kier molecular flexibility index (Phi) is 6.66. The fourth-order valence-electron chi connectivity index (χ4n) is 2.28. The first-order valence-electron chi connectivity index (χ1n) is 7.71. The number of nitrogens with one attached hydrogen (secondary N) is 2. The van der Waals surface area contributed by atoms with Crippen molar-refractivity contribution in [3.63, 3.8) is 0 Å². The van der Waals surface area contributed by atoms with E-state index in [1.165, 1.54) is 24.3 Å². The highest BCUT2D eigenvalue weighted by Crippen LogP contribution is 2.09. The molecule has 2 N–H and O–H groups in total. The highest BCUT2D eigenvalue weighted by Gasteiger charge is 2.04. The van der Waals surface area contributed by atoms with Crippen molar-refractivity contribution in [1.82, 2.24) is 10.6 Å². The fraction of sp³-hybridized carbons (Fsp3) is 0.278. The van der Waals surface area contributed by atoms with Gasteiger partial charge in [-0.25, -0.2) is 13.2 Å². The Morgan fingerprint density at radius 2 is 1.62 bits per heavy atom. The van der Waals surface area contributed by atoms with Gasteiger partial charge in [-0.2, -0.15) is 0 Å². The third-order valence-corrected chi connectivity index (χ3v) is 3.52. The summed E-state index contributed by atoms with van der Waals surface area (Å²) in [5.74, 6) is -0.810. The number of rotatable bonds is 6. The van der Waals surface area contributed by atoms with Gasteiger partial charge in [0.1, 0.15) is 17.5 Å². The second-order valence-electron chi connectivity index (χ2n) is 5.29. The van der Waals surface area contributed by atoms with Gasteiger partial charge in [0.25, 0.3) is 0 Å². The number of halogens is 3. The van der Waals surface area contributed by atoms with Crippen LogP contribution in [0.4, 0.5) is 13.2 Å². The highest BCUT2D eigenvalue weighted by atomic mass is 19.1. The van der Waals surface area contributed by atoms with E-state index >= 15 is 0 Å². The van der Waals surface area contributed by atoms with Crippen molar-refractivity contribution in [2.24, 2.45) is 4.99 Å². The van der Waals surface area contributed by atoms with Crippen molar-refractivity contribution in [2.75, 3.05) is 20.1 Å². The van der Waals surface area contributed by atoms with Gasteiger partial charge in [-0.15, -0.1) is 0 Å². The molecule has 2 aromatic carbocycles. The predicted octanol–water partition coefficient (Wildman–Crippen LogP) is 3.05. The molecule has 3 nitrogen and oxygen atoms in total. The van der Waals surface area contributed by atoms with Gasteiger partial charge in [0.15, 0.2) is 5.96 Å². The van der Waals surface area contributed by atoms with Crippen LogP contribution in [-0.2, 0) is 12.8 Å². The molecular weight excluding hydrogens is 315 g/mol. The van der Waals surface area contributed by atoms with Crippen molar-refractivity contribution < 1.29 is 13.2 Å². The summed E-state index contributed by atoms with van der Waals surface area (Å²) in [5, 5.41) is 6.17. The zero-order valence-corrected chi connectivity index (χ0v) is 13.5. The van der Waals surface area contributed by atoms with E-state index < -0.39 is 11.6 Å². The summed E-state index contributed by atoms with van der Waals surface area (Å²) in [7, 11) is 1.63. The smallest absolute Gasteiger partial charge is 0.190 e. The Balaban J connectivity index is 1.74. The highest BCUT2D eigenvalue weighted by molar-refractivity contribution is 5.79. The molecule has 2 rings (SSSR count). The van der Waals surface area contributed by atoms with Crippen molar-refractivity contribution in [3.05, 3.63) is 71.0 Å². The number of aliphatic imine (C=N–C) groups is 1. The van der Waals surface area contributed by atoms with E-state index in [0.29, 0.717) is 37.5 Å². The Hall–Kier alpha value is -2.50. The molecule has 0 aromatic heterocycles. The van der Waals surface area contributed by atoms with E-state index in [4.69, 9.17) is 0 Å². The van der Waals surface area contributed by atoms with Gasteiger partial charge in [0, 0.05) is 26.2 Å². The fourth-order valence-corrected chi connectivity index (χ4v) is 2.28. The largest absolute Gasteiger partial charge is 0.356 e. The van der Waals surface area contributed by atoms with E-state index in [-0.39, 0.29) is 5.82 Å². The first-order valence-corrected chi connectivity index (χ1v) is 7.71. The van der Waals surface area contributed by atoms with Crippen molar-refractivity contribution in [1.29, 1.82) is 0 Å². The second kappa shape index (κ2) is 8.96. The Bertz CT molecular complexity index is 702. The van der Waals surface area contributed by atoms with Gasteiger partial charge in [0.2, 0.25) is 0 Å². The lowest BCUT2D eigenvalue weighted by Gasteiger charge is -2.12. The van der Waals surface area contributed by atoms with Crippen LogP contribution in [0.25, 0.3) is 0 Å². The molecule has 128 valence electrons. The number of benzene rings is 2. The monoisotopic (exact) mass is 335 g/mol. The molecule has 0 aliphatic carbocycles. The maximum absolute atomic E-state index is 13.5. The van der Waals surface area contributed by atoms with Gasteiger partial charge < -0.3 is 10.6 Å². The maximum Gasteiger partial charge on any atom is 0.190 e. The van der Waals surface area contributed by atoms with E-state index in [1.54, 1.807) is 13.1 Å². The lowest BCUT2D eigenvalue weighted by molar-refractivity contribution is 0.570. The summed E-state index contributed by atoms with van der Waals surface area (Å²) in [6.07, 6.45) is 1.07. The molecule has 0 unspecified atom stereocenters. The molecule has 24 heavy (non-hydrogen) atoms. The Morgan fingerprint density at radius 3 is 2.29 bits per heavy atom. The minimum Gasteiger partial charge on any atom is -0.356 e. The number of guanidine groups is 1. The van der Waals surface area contributed by atoms with E-state index in [9.17, 15) is 13.2 Å². The summed E-state index contributed by atoms with van der Waals surface area (Å²) in [6.45, 7) is 1.05. The zero-order valence-electron chi connectivity index (χ0n) is 13.5. The van der Waals surface area contributed by atoms with Crippen LogP contribution in [-0.4, -0.2) is 26.1 Å². The molecule has 0 bridgehead atoms. The lowest BCUT2D eigenvalue weighted by atomic mass is 10.1. The van der Waals surface area contributed by atoms with Gasteiger partial charge >= 0.3 is 0 Å². The molecule has 0 radical (unpaired) electrons. The predicted molar refractivity (Wildman–Crippen MR) is 89.5 cm³/mol. The standard InChI is InChI=1S/C18H20F3N3/c1-22-18(23-9-7-13-3-2-4-15(19)11-13)24-10-8-14-5-6-16(20)12-17(14)21/h2-6,11-12H,7-10H2,1H3,(H2,22,23,24). The van der Waals surface area contributed by atoms with Crippen molar-refractivity contribution >= 4 is 5.96 Å². The molecule has 0 aliphatic rings. The third-order valence-electron chi connectivity index (χ3n) is 3.52. The maximum atomic E-state index is 13.5. The summed E-state index contributed by atoms with van der Waals surface area (Å²) in [5.41, 5.74) is 1.34. The summed E-state index contributed by atoms with van der Waals surface area (Å²) < 4.78 is 39.5. The lowest BCUT2D eigenvalue weighted by Crippen LogP contribution is -2.39. The van der Waals surface area contributed by atoms with Crippen LogP contribution < -0.4 is 10.6 Å². The first-order chi connectivity index (χ1) is 11.6. The van der Waals surface area contributed by atoms with Gasteiger partial charge in [0.05, 0.1) is 0 Å². The Labute approximate surface area is 139 Å². The molecule has 2 aromatic rings. The molecular formula is C18H20F3N3. The third kappa shape index (κ3) is 5.61. The molecule has 0 atom stereocenters. The molecule has 0 fully saturated rings. The van der Waals surface area contributed by atoms with Crippen LogP contribution in [0, 0.1) is 17.5 Å². The van der Waals surface area contributed by atoms with E-state index in [0.717, 1.165) is 11.6 Å². The molecule has 0 saturated heterocycles. The summed E-state index contributed by atoms with van der Waals surface area (Å²) in [6, 6.07) is 9.99. The van der Waals surface area contributed by atoms with Crippen LogP contribution in [0.2, 0.25) is 0 Å². The zero-order chi connectivity index (χ0) is 17.4. The average molecular weight is 335 g/mol. The van der Waals surface area contributed by atoms with Gasteiger partial charge in [-0.05, 0) is 42.2 Å². The van der Waals surface area contributed by atoms with Crippen molar-refractivity contribution in [3.8, 4) is 0 Å². The van der Waals surface area contributed by atoms with Gasteiger partial charge in [-0.1, -0.05) is 18.2 Å². The molecule has 6 heteroatoms. The number of nitrogens with zero attached hydrogens (tertiary/aromatic N) is 1. The van der Waals surface area contributed by atoms with Crippen LogP contribution in [0.15, 0.2) is 47.5 Å². The first kappa shape index (κ1) is 17.8. The van der Waals surface area contributed by atoms with E-state index in [1.807, 2.05) is 6.07 Å². The average Bonchev–Trinajstić information content (AvgIpc) is 2.55. The van der Waals surface area contributed by atoms with E-state index in [2.05, 4.69) is 15.6 Å². The summed E-state index contributed by atoms with van der Waals surface area (Å²) in [4.78, 5) is 4.07. The quantitative estimate of drug-likeness (QED) is 0.629. The van der Waals surface area contributed by atoms with Crippen molar-refractivity contribution in [2.45, 2.75) is 12.8 Å². The molecule has 0 saturated carbocycles. The molecule has 0 heterocycles. The van der Waals surface area contributed by atoms with Crippen LogP contribution in [0.3, 0.4) is 0 Å². The number of hydrogen-bond acceptors (Lipinski definition) is 1. The number of hydrogen-bond donors (Lipinski definition) is 2. The minimum atomic E-state index is -0.584.